The average molecular weight is 445 g/mol. The van der Waals surface area contributed by atoms with Crippen molar-refractivity contribution in [2.45, 2.75) is 58.9 Å². The number of benzene rings is 1. The van der Waals surface area contributed by atoms with Crippen LogP contribution in [0.3, 0.4) is 0 Å². The van der Waals surface area contributed by atoms with Crippen LogP contribution in [0.4, 0.5) is 5.13 Å². The van der Waals surface area contributed by atoms with Crippen molar-refractivity contribution >= 4 is 34.2 Å². The molecular weight excluding hydrogens is 412 g/mol. The fourth-order valence-corrected chi connectivity index (χ4v) is 3.73. The molecule has 31 heavy (non-hydrogen) atoms. The number of unbranched alkanes of at least 4 members (excludes halogenated alkanes) is 3. The van der Waals surface area contributed by atoms with Crippen LogP contribution >= 0.6 is 11.3 Å². The van der Waals surface area contributed by atoms with E-state index in [1.165, 1.54) is 22.7 Å². The Morgan fingerprint density at radius 2 is 1.81 bits per heavy atom. The standard InChI is InChI=1S/C23H32N4O3S/c1-4-5-6-10-13-24-20(28)14-19-16-31-23(25-19)26-21(29)15-27(17(2)3)22(30)18-11-8-7-9-12-18/h7-9,11-12,16-17H,4-6,10,13-15H2,1-3H3,(H,24,28)(H,25,26,29). The highest BCUT2D eigenvalue weighted by Gasteiger charge is 2.22. The fourth-order valence-electron chi connectivity index (χ4n) is 3.00. The largest absolute Gasteiger partial charge is 0.356 e. The number of thiazole rings is 1. The van der Waals surface area contributed by atoms with Crippen LogP contribution in [0.5, 0.6) is 0 Å². The van der Waals surface area contributed by atoms with E-state index in [9.17, 15) is 14.4 Å². The number of nitrogens with one attached hydrogen (secondary N) is 2. The molecule has 0 saturated carbocycles. The van der Waals surface area contributed by atoms with Crippen LogP contribution in [0.1, 0.15) is 62.5 Å². The first-order valence-electron chi connectivity index (χ1n) is 10.8. The minimum absolute atomic E-state index is 0.0703. The Bertz CT molecular complexity index is 852. The van der Waals surface area contributed by atoms with Crippen LogP contribution in [0, 0.1) is 0 Å². The predicted molar refractivity (Wildman–Crippen MR) is 124 cm³/mol. The van der Waals surface area contributed by atoms with E-state index >= 15 is 0 Å². The Balaban J connectivity index is 1.84. The third-order valence-corrected chi connectivity index (χ3v) is 5.52. The van der Waals surface area contributed by atoms with Gasteiger partial charge in [-0.3, -0.25) is 14.4 Å². The highest BCUT2D eigenvalue weighted by atomic mass is 32.1. The van der Waals surface area contributed by atoms with Gasteiger partial charge in [-0.05, 0) is 32.4 Å². The lowest BCUT2D eigenvalue weighted by atomic mass is 10.1. The van der Waals surface area contributed by atoms with Gasteiger partial charge in [-0.25, -0.2) is 4.98 Å². The number of nitrogens with zero attached hydrogens (tertiary/aromatic N) is 2. The number of anilines is 1. The zero-order chi connectivity index (χ0) is 22.6. The maximum Gasteiger partial charge on any atom is 0.254 e. The maximum absolute atomic E-state index is 12.7. The number of carbonyl (C=O) groups is 3. The van der Waals surface area contributed by atoms with Crippen molar-refractivity contribution in [1.82, 2.24) is 15.2 Å². The summed E-state index contributed by atoms with van der Waals surface area (Å²) in [5.74, 6) is -0.584. The van der Waals surface area contributed by atoms with Gasteiger partial charge in [0.2, 0.25) is 11.8 Å². The molecule has 0 aliphatic rings. The second-order valence-corrected chi connectivity index (χ2v) is 8.53. The summed E-state index contributed by atoms with van der Waals surface area (Å²) in [4.78, 5) is 43.1. The fraction of sp³-hybridized carbons (Fsp3) is 0.478. The summed E-state index contributed by atoms with van der Waals surface area (Å²) in [5.41, 5.74) is 1.16. The molecule has 0 spiro atoms. The molecule has 2 aromatic rings. The number of carbonyl (C=O) groups excluding carboxylic acids is 3. The van der Waals surface area contributed by atoms with Gasteiger partial charge in [-0.2, -0.15) is 0 Å². The molecule has 1 aromatic carbocycles. The van der Waals surface area contributed by atoms with Crippen LogP contribution in [-0.2, 0) is 16.0 Å². The van der Waals surface area contributed by atoms with E-state index in [0.717, 1.165) is 19.3 Å². The Labute approximate surface area is 188 Å². The van der Waals surface area contributed by atoms with Crippen molar-refractivity contribution in [2.75, 3.05) is 18.4 Å². The topological polar surface area (TPSA) is 91.4 Å². The zero-order valence-corrected chi connectivity index (χ0v) is 19.3. The number of aromatic nitrogens is 1. The van der Waals surface area contributed by atoms with E-state index in [0.29, 0.717) is 22.9 Å². The molecule has 0 radical (unpaired) electrons. The second kappa shape index (κ2) is 12.8. The molecule has 168 valence electrons. The number of hydrogen-bond donors (Lipinski definition) is 2. The Hall–Kier alpha value is -2.74. The van der Waals surface area contributed by atoms with Crippen molar-refractivity contribution < 1.29 is 14.4 Å². The highest BCUT2D eigenvalue weighted by molar-refractivity contribution is 7.13. The molecule has 1 heterocycles. The van der Waals surface area contributed by atoms with Crippen molar-refractivity contribution in [1.29, 1.82) is 0 Å². The third kappa shape index (κ3) is 8.49. The van der Waals surface area contributed by atoms with Gasteiger partial charge in [0.05, 0.1) is 12.1 Å². The SMILES string of the molecule is CCCCCCNC(=O)Cc1csc(NC(=O)CN(C(=O)c2ccccc2)C(C)C)n1. The Morgan fingerprint density at radius 1 is 1.06 bits per heavy atom. The molecule has 0 unspecified atom stereocenters. The minimum Gasteiger partial charge on any atom is -0.356 e. The Kier molecular flexibility index (Phi) is 10.2. The monoisotopic (exact) mass is 444 g/mol. The van der Waals surface area contributed by atoms with Gasteiger partial charge in [0.25, 0.3) is 5.91 Å². The summed E-state index contributed by atoms with van der Waals surface area (Å²) < 4.78 is 0. The summed E-state index contributed by atoms with van der Waals surface area (Å²) in [6.07, 6.45) is 4.62. The molecular formula is C23H32N4O3S. The van der Waals surface area contributed by atoms with E-state index in [4.69, 9.17) is 0 Å². The van der Waals surface area contributed by atoms with Gasteiger partial charge in [-0.15, -0.1) is 11.3 Å². The number of rotatable bonds is 12. The minimum atomic E-state index is -0.320. The van der Waals surface area contributed by atoms with Gasteiger partial charge < -0.3 is 15.5 Å². The molecule has 3 amide bonds. The lowest BCUT2D eigenvalue weighted by Crippen LogP contribution is -2.42. The first-order valence-corrected chi connectivity index (χ1v) is 11.7. The molecule has 2 rings (SSSR count). The van der Waals surface area contributed by atoms with Crippen molar-refractivity contribution in [2.24, 2.45) is 0 Å². The summed E-state index contributed by atoms with van der Waals surface area (Å²) in [5, 5.41) is 7.83. The first kappa shape index (κ1) is 24.5. The van der Waals surface area contributed by atoms with Crippen molar-refractivity contribution in [3.8, 4) is 0 Å². The normalized spacial score (nSPS) is 10.7. The first-order chi connectivity index (χ1) is 14.9. The van der Waals surface area contributed by atoms with Gasteiger partial charge in [0, 0.05) is 23.5 Å². The lowest BCUT2D eigenvalue weighted by molar-refractivity contribution is -0.120. The third-order valence-electron chi connectivity index (χ3n) is 4.71. The smallest absolute Gasteiger partial charge is 0.254 e. The number of hydrogen-bond acceptors (Lipinski definition) is 5. The van der Waals surface area contributed by atoms with E-state index in [-0.39, 0.29) is 36.7 Å². The van der Waals surface area contributed by atoms with Crippen LogP contribution < -0.4 is 10.6 Å². The molecule has 2 N–H and O–H groups in total. The zero-order valence-electron chi connectivity index (χ0n) is 18.5. The highest BCUT2D eigenvalue weighted by Crippen LogP contribution is 2.16. The van der Waals surface area contributed by atoms with Gasteiger partial charge in [0.15, 0.2) is 5.13 Å². The predicted octanol–water partition coefficient (Wildman–Crippen LogP) is 3.87. The van der Waals surface area contributed by atoms with Gasteiger partial charge >= 0.3 is 0 Å². The van der Waals surface area contributed by atoms with Crippen LogP contribution in [0.2, 0.25) is 0 Å². The molecule has 7 nitrogen and oxygen atoms in total. The van der Waals surface area contributed by atoms with E-state index in [2.05, 4.69) is 22.5 Å². The molecule has 0 atom stereocenters. The van der Waals surface area contributed by atoms with Crippen molar-refractivity contribution in [3.05, 3.63) is 47.0 Å². The van der Waals surface area contributed by atoms with Crippen LogP contribution in [-0.4, -0.2) is 46.7 Å². The van der Waals surface area contributed by atoms with Gasteiger partial charge in [-0.1, -0.05) is 44.4 Å². The summed E-state index contributed by atoms with van der Waals surface area (Å²) in [6.45, 7) is 6.50. The summed E-state index contributed by atoms with van der Waals surface area (Å²) >= 11 is 1.27. The maximum atomic E-state index is 12.7. The lowest BCUT2D eigenvalue weighted by Gasteiger charge is -2.26. The summed E-state index contributed by atoms with van der Waals surface area (Å²) in [6, 6.07) is 8.77. The van der Waals surface area contributed by atoms with Crippen molar-refractivity contribution in [3.63, 3.8) is 0 Å². The molecule has 0 aliphatic carbocycles. The Morgan fingerprint density at radius 3 is 2.48 bits per heavy atom. The van der Waals surface area contributed by atoms with Gasteiger partial charge in [0.1, 0.15) is 6.54 Å². The number of amides is 3. The second-order valence-electron chi connectivity index (χ2n) is 7.67. The van der Waals surface area contributed by atoms with Crippen LogP contribution in [0.25, 0.3) is 0 Å². The average Bonchev–Trinajstić information content (AvgIpc) is 3.18. The molecule has 0 bridgehead atoms. The summed E-state index contributed by atoms with van der Waals surface area (Å²) in [7, 11) is 0. The van der Waals surface area contributed by atoms with E-state index in [1.54, 1.807) is 29.6 Å². The van der Waals surface area contributed by atoms with E-state index in [1.807, 2.05) is 19.9 Å². The molecule has 0 aliphatic heterocycles. The molecule has 1 aromatic heterocycles. The quantitative estimate of drug-likeness (QED) is 0.486. The van der Waals surface area contributed by atoms with Crippen LogP contribution in [0.15, 0.2) is 35.7 Å². The molecule has 8 heteroatoms. The van der Waals surface area contributed by atoms with E-state index < -0.39 is 0 Å². The molecule has 0 fully saturated rings. The molecule has 0 saturated heterocycles.